The van der Waals surface area contributed by atoms with Crippen LogP contribution in [0.4, 0.5) is 18.0 Å². The van der Waals surface area contributed by atoms with Gasteiger partial charge in [0, 0.05) is 38.0 Å². The summed E-state index contributed by atoms with van der Waals surface area (Å²) in [6.07, 6.45) is -4.36. The fourth-order valence-corrected chi connectivity index (χ4v) is 6.69. The van der Waals surface area contributed by atoms with Crippen LogP contribution in [0.25, 0.3) is 22.3 Å². The predicted octanol–water partition coefficient (Wildman–Crippen LogP) is 7.44. The third kappa shape index (κ3) is 7.43. The Bertz CT molecular complexity index is 2040. The molecule has 12 heteroatoms. The van der Waals surface area contributed by atoms with Gasteiger partial charge in [-0.3, -0.25) is 4.79 Å². The van der Waals surface area contributed by atoms with Crippen molar-refractivity contribution in [1.82, 2.24) is 9.80 Å². The second-order valence-electron chi connectivity index (χ2n) is 12.4. The number of halogens is 3. The van der Waals surface area contributed by atoms with Gasteiger partial charge in [0.1, 0.15) is 11.4 Å². The highest BCUT2D eigenvalue weighted by Crippen LogP contribution is 2.45. The highest BCUT2D eigenvalue weighted by molar-refractivity contribution is 6.05. The van der Waals surface area contributed by atoms with Crippen LogP contribution in [-0.2, 0) is 22.3 Å². The van der Waals surface area contributed by atoms with E-state index < -0.39 is 29.3 Å². The Balaban J connectivity index is 1.16. The van der Waals surface area contributed by atoms with Crippen molar-refractivity contribution in [3.63, 3.8) is 0 Å². The van der Waals surface area contributed by atoms with Crippen molar-refractivity contribution in [2.24, 2.45) is 0 Å². The average Bonchev–Trinajstić information content (AvgIpc) is 3.47. The number of para-hydroxylation sites is 1. The summed E-state index contributed by atoms with van der Waals surface area (Å²) >= 11 is 0. The Morgan fingerprint density at radius 2 is 1.55 bits per heavy atom. The fourth-order valence-electron chi connectivity index (χ4n) is 6.69. The average molecular weight is 695 g/mol. The molecule has 6 rings (SSSR count). The molecule has 2 fully saturated rings. The lowest BCUT2D eigenvalue weighted by Gasteiger charge is -2.37. The Kier molecular flexibility index (Phi) is 10.1. The number of methoxy groups -OCH3 is 1. The summed E-state index contributed by atoms with van der Waals surface area (Å²) in [4.78, 5) is 29.3. The number of nitrogens with zero attached hydrogens (tertiary/aromatic N) is 4. The van der Waals surface area contributed by atoms with Gasteiger partial charge in [-0.15, -0.1) is 0 Å². The maximum absolute atomic E-state index is 14.5. The second kappa shape index (κ2) is 14.7. The number of carbonyl (C=O) groups is 2. The summed E-state index contributed by atoms with van der Waals surface area (Å²) in [7, 11) is 1.46. The van der Waals surface area contributed by atoms with Crippen molar-refractivity contribution >= 4 is 12.0 Å². The number of likely N-dealkylation sites (tertiary alicyclic amines) is 1. The summed E-state index contributed by atoms with van der Waals surface area (Å²) in [5, 5.41) is 19.0. The van der Waals surface area contributed by atoms with Gasteiger partial charge in [0.15, 0.2) is 0 Å². The molecule has 1 spiro atoms. The Hall–Kier alpha value is -5.69. The molecular weight excluding hydrogens is 661 g/mol. The van der Waals surface area contributed by atoms with Crippen molar-refractivity contribution < 1.29 is 37.0 Å². The fraction of sp³-hybridized carbons (Fsp3) is 0.282. The predicted molar refractivity (Wildman–Crippen MR) is 180 cm³/mol. The third-order valence-corrected chi connectivity index (χ3v) is 9.29. The third-order valence-electron chi connectivity index (χ3n) is 9.29. The minimum Gasteiger partial charge on any atom is -0.496 e. The molecule has 51 heavy (non-hydrogen) atoms. The first-order chi connectivity index (χ1) is 24.6. The summed E-state index contributed by atoms with van der Waals surface area (Å²) in [6, 6.07) is 25.6. The lowest BCUT2D eigenvalue weighted by molar-refractivity contribution is -0.137. The first kappa shape index (κ1) is 35.1. The molecule has 4 aromatic carbocycles. The second-order valence-corrected chi connectivity index (χ2v) is 12.4. The van der Waals surface area contributed by atoms with Crippen LogP contribution in [0.3, 0.4) is 0 Å². The smallest absolute Gasteiger partial charge is 0.417 e. The monoisotopic (exact) mass is 694 g/mol. The minimum absolute atomic E-state index is 0.00932. The van der Waals surface area contributed by atoms with E-state index in [-0.39, 0.29) is 53.1 Å². The van der Waals surface area contributed by atoms with Gasteiger partial charge in [-0.1, -0.05) is 42.5 Å². The number of hydrogen-bond donors (Lipinski definition) is 0. The van der Waals surface area contributed by atoms with Gasteiger partial charge in [-0.25, -0.2) is 9.69 Å². The van der Waals surface area contributed by atoms with Gasteiger partial charge >= 0.3 is 12.3 Å². The molecule has 2 amide bonds. The van der Waals surface area contributed by atoms with Crippen molar-refractivity contribution in [1.29, 1.82) is 10.5 Å². The number of piperidine rings is 1. The van der Waals surface area contributed by atoms with E-state index in [4.69, 9.17) is 14.2 Å². The molecule has 0 saturated carbocycles. The van der Waals surface area contributed by atoms with E-state index in [0.717, 1.165) is 11.0 Å². The molecule has 2 heterocycles. The number of hydrogen-bond acceptors (Lipinski definition) is 8. The number of benzene rings is 4. The number of imide groups is 1. The molecule has 0 bridgehead atoms. The van der Waals surface area contributed by atoms with Crippen LogP contribution in [-0.4, -0.2) is 67.3 Å². The van der Waals surface area contributed by atoms with Crippen LogP contribution in [0.2, 0.25) is 0 Å². The van der Waals surface area contributed by atoms with Gasteiger partial charge in [-0.2, -0.15) is 23.7 Å². The van der Waals surface area contributed by atoms with Crippen LogP contribution >= 0.6 is 0 Å². The van der Waals surface area contributed by atoms with Crippen LogP contribution in [0.5, 0.6) is 5.75 Å². The van der Waals surface area contributed by atoms with E-state index in [2.05, 4.69) is 11.0 Å². The van der Waals surface area contributed by atoms with E-state index in [1.165, 1.54) is 37.4 Å². The molecule has 0 N–H and O–H groups in total. The van der Waals surface area contributed by atoms with E-state index >= 15 is 0 Å². The lowest BCUT2D eigenvalue weighted by Crippen LogP contribution is -2.48. The van der Waals surface area contributed by atoms with E-state index in [9.17, 15) is 33.3 Å². The van der Waals surface area contributed by atoms with Crippen molar-refractivity contribution in [3.05, 3.63) is 113 Å². The van der Waals surface area contributed by atoms with Crippen molar-refractivity contribution in [3.8, 4) is 40.1 Å². The minimum atomic E-state index is -4.70. The standard InChI is InChI=1S/C39H33F3N4O5/c1-49-33-11-3-2-10-31(33)36(47)46-25-38(51-37(46)48)14-16-45(17-15-38)18-19-50-24-30-12-13-32(39(40,41)42)35(29-9-5-7-27(21-29)23-44)34(30)28-8-4-6-26(20-28)22-43/h2-13,20-21H,14-19,24-25H2,1H3. The Labute approximate surface area is 293 Å². The van der Waals surface area contributed by atoms with Crippen LogP contribution in [0, 0.1) is 22.7 Å². The van der Waals surface area contributed by atoms with E-state index in [1.807, 2.05) is 6.07 Å². The Morgan fingerprint density at radius 1 is 0.902 bits per heavy atom. The molecule has 0 aliphatic carbocycles. The summed E-state index contributed by atoms with van der Waals surface area (Å²) in [5.74, 6) is -0.109. The largest absolute Gasteiger partial charge is 0.496 e. The first-order valence-electron chi connectivity index (χ1n) is 16.3. The van der Waals surface area contributed by atoms with Gasteiger partial charge in [0.2, 0.25) is 0 Å². The van der Waals surface area contributed by atoms with Gasteiger partial charge in [-0.05, 0) is 64.7 Å². The molecule has 2 aliphatic rings. The zero-order valence-corrected chi connectivity index (χ0v) is 27.7. The highest BCUT2D eigenvalue weighted by Gasteiger charge is 2.49. The maximum atomic E-state index is 14.5. The molecule has 0 unspecified atom stereocenters. The van der Waals surface area contributed by atoms with E-state index in [1.54, 1.807) is 48.5 Å². The maximum Gasteiger partial charge on any atom is 0.417 e. The number of ether oxygens (including phenoxy) is 3. The molecule has 0 radical (unpaired) electrons. The summed E-state index contributed by atoms with van der Waals surface area (Å²) in [6.45, 7) is 2.08. The molecule has 260 valence electrons. The topological polar surface area (TPSA) is 116 Å². The molecule has 4 aromatic rings. The van der Waals surface area contributed by atoms with Crippen LogP contribution in [0.15, 0.2) is 84.9 Å². The Morgan fingerprint density at radius 3 is 2.18 bits per heavy atom. The zero-order chi connectivity index (χ0) is 36.2. The molecule has 2 aliphatic heterocycles. The van der Waals surface area contributed by atoms with Gasteiger partial charge in [0.25, 0.3) is 5.91 Å². The quantitative estimate of drug-likeness (QED) is 0.166. The molecule has 0 atom stereocenters. The SMILES string of the molecule is COc1ccccc1C(=O)N1CC2(CCN(CCOCc3ccc(C(F)(F)F)c(-c4cccc(C#N)c4)c3-c3cccc(C#N)c3)CC2)OC1=O. The normalized spacial score (nSPS) is 15.6. The highest BCUT2D eigenvalue weighted by atomic mass is 19.4. The first-order valence-corrected chi connectivity index (χ1v) is 16.3. The van der Waals surface area contributed by atoms with Gasteiger partial charge < -0.3 is 19.1 Å². The number of nitriles is 2. The van der Waals surface area contributed by atoms with Crippen LogP contribution in [0.1, 0.15) is 45.5 Å². The number of alkyl halides is 3. The number of amides is 2. The van der Waals surface area contributed by atoms with Crippen molar-refractivity contribution in [2.75, 3.05) is 39.9 Å². The molecular formula is C39H33F3N4O5. The zero-order valence-electron chi connectivity index (χ0n) is 27.7. The van der Waals surface area contributed by atoms with Crippen LogP contribution < -0.4 is 4.74 Å². The number of carbonyl (C=O) groups excluding carboxylic acids is 2. The molecule has 2 saturated heterocycles. The van der Waals surface area contributed by atoms with E-state index in [0.29, 0.717) is 49.4 Å². The lowest BCUT2D eigenvalue weighted by atomic mass is 9.86. The van der Waals surface area contributed by atoms with Gasteiger partial charge in [0.05, 0.1) is 61.3 Å². The summed E-state index contributed by atoms with van der Waals surface area (Å²) < 4.78 is 60.6. The van der Waals surface area contributed by atoms with Crippen molar-refractivity contribution in [2.45, 2.75) is 31.2 Å². The summed E-state index contributed by atoms with van der Waals surface area (Å²) in [5.41, 5.74) is 0.428. The number of rotatable bonds is 9. The molecule has 9 nitrogen and oxygen atoms in total. The molecule has 0 aromatic heterocycles.